The van der Waals surface area contributed by atoms with Gasteiger partial charge in [-0.25, -0.2) is 14.4 Å². The van der Waals surface area contributed by atoms with E-state index in [0.717, 1.165) is 36.7 Å². The summed E-state index contributed by atoms with van der Waals surface area (Å²) in [5.74, 6) is -3.41. The summed E-state index contributed by atoms with van der Waals surface area (Å²) in [5.41, 5.74) is 2.36. The summed E-state index contributed by atoms with van der Waals surface area (Å²) in [6.45, 7) is -3.10. The molecule has 34 heavy (non-hydrogen) atoms. The average molecular weight is 498 g/mol. The second kappa shape index (κ2) is 10.6. The van der Waals surface area contributed by atoms with Crippen LogP contribution in [0.1, 0.15) is 22.1 Å². The van der Waals surface area contributed by atoms with Gasteiger partial charge in [-0.2, -0.15) is 13.9 Å². The normalized spacial score (nSPS) is 12.6. The highest BCUT2D eigenvalue weighted by atomic mass is 35.5. The number of benzene rings is 1. The highest BCUT2D eigenvalue weighted by molar-refractivity contribution is 6.32. The molecule has 4 N–H and O–H groups in total. The van der Waals surface area contributed by atoms with E-state index < -0.39 is 36.0 Å². The lowest BCUT2D eigenvalue weighted by Gasteiger charge is -2.31. The number of hydrogen-bond acceptors (Lipinski definition) is 7. The molecule has 0 saturated heterocycles. The van der Waals surface area contributed by atoms with Gasteiger partial charge in [0.15, 0.2) is 5.69 Å². The highest BCUT2D eigenvalue weighted by Crippen LogP contribution is 2.31. The van der Waals surface area contributed by atoms with Crippen molar-refractivity contribution >= 4 is 40.8 Å². The number of nitrogens with zero attached hydrogens (tertiary/aromatic N) is 4. The maximum Gasteiger partial charge on any atom is 0.387 e. The molecule has 0 aliphatic carbocycles. The number of primary amides is 1. The van der Waals surface area contributed by atoms with Gasteiger partial charge >= 0.3 is 6.61 Å². The number of carbonyl (C=O) groups is 3. The first-order valence-corrected chi connectivity index (χ1v) is 9.68. The first kappa shape index (κ1) is 24.4. The minimum absolute atomic E-state index is 0.0493. The molecule has 2 unspecified atom stereocenters. The third-order valence-corrected chi connectivity index (χ3v) is 4.44. The van der Waals surface area contributed by atoms with Crippen molar-refractivity contribution in [3.8, 4) is 5.75 Å². The van der Waals surface area contributed by atoms with Crippen LogP contribution in [0.15, 0.2) is 49.1 Å². The molecule has 178 valence electrons. The fourth-order valence-electron chi connectivity index (χ4n) is 2.88. The lowest BCUT2D eigenvalue weighted by atomic mass is 10.1. The molecule has 3 aromatic rings. The van der Waals surface area contributed by atoms with E-state index in [-0.39, 0.29) is 28.5 Å². The number of carbonyl (C=O) groups excluding carboxylic acids is 3. The second-order valence-electron chi connectivity index (χ2n) is 6.48. The van der Waals surface area contributed by atoms with E-state index in [1.54, 1.807) is 0 Å². The Morgan fingerprint density at radius 2 is 1.76 bits per heavy atom. The van der Waals surface area contributed by atoms with Crippen LogP contribution in [0.25, 0.3) is 0 Å². The Morgan fingerprint density at radius 1 is 1.12 bits per heavy atom. The number of halogens is 4. The lowest BCUT2D eigenvalue weighted by molar-refractivity contribution is -0.125. The first-order chi connectivity index (χ1) is 16.2. The molecular weight excluding hydrogens is 483 g/mol. The SMILES string of the molecule is NC(=O)c1cc(NC(=O)C(c2cncnc2)N(C(=O)C(F)Cl)c2ccc(OC(F)F)cc2)[nH]n1. The number of ether oxygens (including phenoxy) is 1. The van der Waals surface area contributed by atoms with Crippen molar-refractivity contribution in [3.05, 3.63) is 60.3 Å². The molecule has 3 amide bonds. The molecule has 2 atom stereocenters. The summed E-state index contributed by atoms with van der Waals surface area (Å²) in [5, 5.41) is 8.39. The molecule has 2 heterocycles. The smallest absolute Gasteiger partial charge is 0.387 e. The van der Waals surface area contributed by atoms with Crippen molar-refractivity contribution in [2.24, 2.45) is 5.73 Å². The summed E-state index contributed by atoms with van der Waals surface area (Å²) >= 11 is 5.40. The van der Waals surface area contributed by atoms with Crippen molar-refractivity contribution < 1.29 is 32.3 Å². The predicted molar refractivity (Wildman–Crippen MR) is 112 cm³/mol. The molecule has 0 radical (unpaired) electrons. The number of alkyl halides is 4. The van der Waals surface area contributed by atoms with Crippen molar-refractivity contribution in [2.75, 3.05) is 10.2 Å². The molecule has 0 aliphatic rings. The van der Waals surface area contributed by atoms with Gasteiger partial charge in [0, 0.05) is 29.7 Å². The molecule has 3 rings (SSSR count). The van der Waals surface area contributed by atoms with E-state index in [9.17, 15) is 27.6 Å². The number of nitrogens with two attached hydrogens (primary N) is 1. The van der Waals surface area contributed by atoms with Gasteiger partial charge in [0.1, 0.15) is 23.9 Å². The Balaban J connectivity index is 2.04. The summed E-state index contributed by atoms with van der Waals surface area (Å²) in [4.78, 5) is 45.5. The minimum atomic E-state index is -3.10. The van der Waals surface area contributed by atoms with Crippen LogP contribution in [0, 0.1) is 0 Å². The minimum Gasteiger partial charge on any atom is -0.435 e. The molecule has 0 spiro atoms. The molecule has 0 bridgehead atoms. The van der Waals surface area contributed by atoms with Gasteiger partial charge in [-0.05, 0) is 24.3 Å². The van der Waals surface area contributed by atoms with Gasteiger partial charge in [-0.3, -0.25) is 24.4 Å². The van der Waals surface area contributed by atoms with Crippen LogP contribution in [0.4, 0.5) is 24.7 Å². The zero-order valence-electron chi connectivity index (χ0n) is 16.9. The van der Waals surface area contributed by atoms with Crippen molar-refractivity contribution in [2.45, 2.75) is 18.3 Å². The maximum atomic E-state index is 14.0. The van der Waals surface area contributed by atoms with Crippen LogP contribution in [-0.2, 0) is 9.59 Å². The second-order valence-corrected chi connectivity index (χ2v) is 6.86. The number of nitrogens with one attached hydrogen (secondary N) is 2. The highest BCUT2D eigenvalue weighted by Gasteiger charge is 2.36. The van der Waals surface area contributed by atoms with E-state index in [4.69, 9.17) is 17.3 Å². The maximum absolute atomic E-state index is 14.0. The van der Waals surface area contributed by atoms with Crippen molar-refractivity contribution in [3.63, 3.8) is 0 Å². The standard InChI is InChI=1S/C19H15ClF3N7O4/c20-15(21)18(33)30(10-1-3-11(4-2-10)34-19(22)23)14(9-6-25-8-26-7-9)17(32)27-13-5-12(16(24)31)28-29-13/h1-8,14-15,19H,(H2,24,31)(H2,27,28,29,32). The molecule has 1 aromatic carbocycles. The monoisotopic (exact) mass is 497 g/mol. The quantitative estimate of drug-likeness (QED) is 0.382. The number of aromatic nitrogens is 4. The Hall–Kier alpha value is -4.20. The Labute approximate surface area is 194 Å². The van der Waals surface area contributed by atoms with Crippen LogP contribution in [-0.4, -0.2) is 50.1 Å². The number of anilines is 2. The van der Waals surface area contributed by atoms with E-state index >= 15 is 0 Å². The van der Waals surface area contributed by atoms with Crippen LogP contribution >= 0.6 is 11.6 Å². The van der Waals surface area contributed by atoms with Gasteiger partial charge in [0.2, 0.25) is 0 Å². The molecule has 0 saturated carbocycles. The lowest BCUT2D eigenvalue weighted by Crippen LogP contribution is -2.44. The summed E-state index contributed by atoms with van der Waals surface area (Å²) in [6, 6.07) is 4.04. The number of aromatic amines is 1. The number of hydrogen-bond donors (Lipinski definition) is 3. The van der Waals surface area contributed by atoms with Gasteiger partial charge in [0.25, 0.3) is 23.4 Å². The topological polar surface area (TPSA) is 156 Å². The van der Waals surface area contributed by atoms with Crippen LogP contribution in [0.3, 0.4) is 0 Å². The zero-order chi connectivity index (χ0) is 24.8. The largest absolute Gasteiger partial charge is 0.435 e. The average Bonchev–Trinajstić information content (AvgIpc) is 3.26. The fraction of sp³-hybridized carbons (Fsp3) is 0.158. The molecule has 2 aromatic heterocycles. The number of amides is 3. The van der Waals surface area contributed by atoms with Crippen LogP contribution in [0.2, 0.25) is 0 Å². The molecular formula is C19H15ClF3N7O4. The molecule has 11 nitrogen and oxygen atoms in total. The third-order valence-electron chi connectivity index (χ3n) is 4.26. The van der Waals surface area contributed by atoms with E-state index in [2.05, 4.69) is 30.2 Å². The predicted octanol–water partition coefficient (Wildman–Crippen LogP) is 2.15. The van der Waals surface area contributed by atoms with E-state index in [1.165, 1.54) is 12.4 Å². The summed E-state index contributed by atoms with van der Waals surface area (Å²) in [6.07, 6.45) is 3.57. The van der Waals surface area contributed by atoms with Gasteiger partial charge in [-0.1, -0.05) is 11.6 Å². The summed E-state index contributed by atoms with van der Waals surface area (Å²) in [7, 11) is 0. The van der Waals surface area contributed by atoms with Gasteiger partial charge in [0.05, 0.1) is 0 Å². The zero-order valence-corrected chi connectivity index (χ0v) is 17.6. The molecule has 0 fully saturated rings. The molecule has 15 heteroatoms. The number of rotatable bonds is 9. The number of H-pyrrole nitrogens is 1. The first-order valence-electron chi connectivity index (χ1n) is 9.24. The van der Waals surface area contributed by atoms with E-state index in [1.807, 2.05) is 0 Å². The van der Waals surface area contributed by atoms with Crippen LogP contribution in [0.5, 0.6) is 5.75 Å². The Bertz CT molecular complexity index is 1160. The van der Waals surface area contributed by atoms with Gasteiger partial charge in [-0.15, -0.1) is 0 Å². The molecule has 0 aliphatic heterocycles. The van der Waals surface area contributed by atoms with E-state index in [0.29, 0.717) is 4.90 Å². The Kier molecular flexibility index (Phi) is 7.63. The van der Waals surface area contributed by atoms with Crippen molar-refractivity contribution in [1.29, 1.82) is 0 Å². The summed E-state index contributed by atoms with van der Waals surface area (Å²) < 4.78 is 43.2. The Morgan fingerprint density at radius 3 is 2.29 bits per heavy atom. The van der Waals surface area contributed by atoms with Crippen LogP contribution < -0.4 is 20.7 Å². The third kappa shape index (κ3) is 5.78. The fourth-order valence-corrected chi connectivity index (χ4v) is 2.98. The van der Waals surface area contributed by atoms with Crippen molar-refractivity contribution in [1.82, 2.24) is 20.2 Å². The van der Waals surface area contributed by atoms with Gasteiger partial charge < -0.3 is 15.8 Å².